The number of hydrogen-bond donors (Lipinski definition) is 4. The molecule has 18 heteroatoms. The van der Waals surface area contributed by atoms with E-state index in [9.17, 15) is 24.3 Å². The molecule has 15 nitrogen and oxygen atoms in total. The summed E-state index contributed by atoms with van der Waals surface area (Å²) in [6.45, 7) is 1.39. The average Bonchev–Trinajstić information content (AvgIpc) is 3.47. The second-order valence-electron chi connectivity index (χ2n) is 9.02. The number of β-lactam (4-membered cyclic amide) rings is 1. The Bertz CT molecular complexity index is 1670. The first kappa shape index (κ1) is 28.3. The Morgan fingerprint density at radius 1 is 1.39 bits per heavy atom. The lowest BCUT2D eigenvalue weighted by Crippen LogP contribution is -2.71. The van der Waals surface area contributed by atoms with Crippen LogP contribution in [0.4, 0.5) is 5.13 Å². The molecule has 0 spiro atoms. The Kier molecular flexibility index (Phi) is 7.58. The monoisotopic (exact) mass is 621 g/mol. The number of aryl methyl sites for hydroxylation is 1. The zero-order valence-electron chi connectivity index (χ0n) is 21.3. The van der Waals surface area contributed by atoms with Crippen molar-refractivity contribution in [1.29, 1.82) is 0 Å². The molecular formula is C23H22ClN8O7S2+. The van der Waals surface area contributed by atoms with Crippen LogP contribution in [0.15, 0.2) is 41.1 Å². The Hall–Kier alpha value is -4.22. The van der Waals surface area contributed by atoms with Crippen molar-refractivity contribution in [3.05, 3.63) is 46.0 Å². The van der Waals surface area contributed by atoms with Gasteiger partial charge in [0.1, 0.15) is 39.2 Å². The second-order valence-corrected chi connectivity index (χ2v) is 11.8. The predicted octanol–water partition coefficient (Wildman–Crippen LogP) is 0.186. The fourth-order valence-corrected chi connectivity index (χ4v) is 6.59. The standard InChI is InChI=1S/C23H21ClN8O7S2/c1-9(21(35)36)39-29-13(12-16(24)41-23(25)28-12)18(33)27-14-19(34)32-15(22(37)38)10(7-40-20(14)32)6-31-5-3-4-11-17(31)26-8-30(11)2/h3-5,8-9,14,20H,6-7H2,1-2H3,(H4-,25,27,28,33,35,36,37,38)/p+1/b29-13-/t9-,14+,20?/m0/s1. The van der Waals surface area contributed by atoms with Gasteiger partial charge in [0.15, 0.2) is 10.8 Å². The summed E-state index contributed by atoms with van der Waals surface area (Å²) >= 11 is 8.29. The number of carboxylic acid groups (broad SMARTS) is 2. The summed E-state index contributed by atoms with van der Waals surface area (Å²) in [6, 6.07) is 2.61. The largest absolute Gasteiger partial charge is 0.478 e. The number of aromatic nitrogens is 4. The van der Waals surface area contributed by atoms with Gasteiger partial charge in [-0.3, -0.25) is 14.5 Å². The molecule has 1 saturated heterocycles. The van der Waals surface area contributed by atoms with Gasteiger partial charge in [-0.15, -0.1) is 11.8 Å². The average molecular weight is 622 g/mol. The lowest BCUT2D eigenvalue weighted by Gasteiger charge is -2.49. The molecule has 1 unspecified atom stereocenters. The summed E-state index contributed by atoms with van der Waals surface area (Å²) in [6.07, 6.45) is 2.03. The summed E-state index contributed by atoms with van der Waals surface area (Å²) in [5.41, 5.74) is 6.90. The highest BCUT2D eigenvalue weighted by molar-refractivity contribution is 8.00. The highest BCUT2D eigenvalue weighted by atomic mass is 35.5. The van der Waals surface area contributed by atoms with Crippen molar-refractivity contribution < 1.29 is 38.8 Å². The predicted molar refractivity (Wildman–Crippen MR) is 147 cm³/mol. The molecule has 1 fully saturated rings. The van der Waals surface area contributed by atoms with Gasteiger partial charge in [0.25, 0.3) is 11.8 Å². The first-order chi connectivity index (χ1) is 19.5. The number of thiazole rings is 1. The van der Waals surface area contributed by atoms with Gasteiger partial charge in [0, 0.05) is 18.4 Å². The van der Waals surface area contributed by atoms with Crippen molar-refractivity contribution in [3.63, 3.8) is 0 Å². The lowest BCUT2D eigenvalue weighted by molar-refractivity contribution is -0.664. The number of thioether (sulfide) groups is 1. The Morgan fingerprint density at radius 3 is 2.80 bits per heavy atom. The molecular weight excluding hydrogens is 600 g/mol. The minimum atomic E-state index is -1.40. The van der Waals surface area contributed by atoms with E-state index >= 15 is 0 Å². The zero-order chi connectivity index (χ0) is 29.6. The van der Waals surface area contributed by atoms with Crippen LogP contribution < -0.4 is 15.6 Å². The fourth-order valence-electron chi connectivity index (χ4n) is 4.33. The zero-order valence-corrected chi connectivity index (χ0v) is 23.7. The van der Waals surface area contributed by atoms with E-state index < -0.39 is 47.0 Å². The molecule has 0 bridgehead atoms. The van der Waals surface area contributed by atoms with Gasteiger partial charge in [-0.05, 0) is 24.0 Å². The first-order valence-electron chi connectivity index (χ1n) is 11.9. The third kappa shape index (κ3) is 5.18. The maximum atomic E-state index is 13.2. The van der Waals surface area contributed by atoms with Crippen LogP contribution in [0, 0.1) is 0 Å². The molecule has 3 aromatic rings. The molecule has 0 aromatic carbocycles. The number of rotatable bonds is 9. The van der Waals surface area contributed by atoms with E-state index in [1.807, 2.05) is 28.3 Å². The number of hydrogen-bond acceptors (Lipinski definition) is 11. The van der Waals surface area contributed by atoms with Gasteiger partial charge in [0.05, 0.1) is 6.20 Å². The SMILES string of the molecule is C[C@H](O/N=C(\C(=O)N[C@@H]1C(=O)N2C(C(=O)O)=C(C[n+]3cccc4c3ncn4C)CSC12)c1nc(N)sc1Cl)C(=O)O. The van der Waals surface area contributed by atoms with Crippen LogP contribution in [-0.2, 0) is 37.6 Å². The number of carbonyl (C=O) groups excluding carboxylic acids is 2. The molecule has 2 amide bonds. The number of nitrogen functional groups attached to an aromatic ring is 1. The number of nitrogens with two attached hydrogens (primary N) is 1. The fraction of sp³-hybridized carbons (Fsp3) is 0.304. The normalized spacial score (nSPS) is 19.5. The molecule has 5 N–H and O–H groups in total. The van der Waals surface area contributed by atoms with Gasteiger partial charge >= 0.3 is 17.6 Å². The van der Waals surface area contributed by atoms with Gasteiger partial charge in [-0.2, -0.15) is 0 Å². The van der Waals surface area contributed by atoms with E-state index in [2.05, 4.69) is 20.4 Å². The highest BCUT2D eigenvalue weighted by Crippen LogP contribution is 2.40. The van der Waals surface area contributed by atoms with Crippen LogP contribution in [0.2, 0.25) is 4.34 Å². The molecule has 3 atom stereocenters. The molecule has 3 aromatic heterocycles. The van der Waals surface area contributed by atoms with E-state index in [0.29, 0.717) is 11.2 Å². The third-order valence-electron chi connectivity index (χ3n) is 6.34. The van der Waals surface area contributed by atoms with Crippen LogP contribution in [0.25, 0.3) is 11.2 Å². The molecule has 0 radical (unpaired) electrons. The Morgan fingerprint density at radius 2 is 2.15 bits per heavy atom. The summed E-state index contributed by atoms with van der Waals surface area (Å²) in [4.78, 5) is 64.3. The number of nitrogens with zero attached hydrogens (tertiary/aromatic N) is 6. The molecule has 0 saturated carbocycles. The van der Waals surface area contributed by atoms with E-state index in [1.165, 1.54) is 18.7 Å². The van der Waals surface area contributed by atoms with Crippen molar-refractivity contribution in [1.82, 2.24) is 24.8 Å². The van der Waals surface area contributed by atoms with E-state index in [1.54, 1.807) is 12.5 Å². The molecule has 214 valence electrons. The van der Waals surface area contributed by atoms with Crippen LogP contribution in [0.3, 0.4) is 0 Å². The van der Waals surface area contributed by atoms with Crippen molar-refractivity contribution in [2.45, 2.75) is 31.0 Å². The van der Waals surface area contributed by atoms with E-state index in [4.69, 9.17) is 27.3 Å². The third-order valence-corrected chi connectivity index (χ3v) is 8.77. The highest BCUT2D eigenvalue weighted by Gasteiger charge is 2.54. The van der Waals surface area contributed by atoms with E-state index in [-0.39, 0.29) is 33.2 Å². The van der Waals surface area contributed by atoms with Gasteiger partial charge in [-0.25, -0.2) is 19.1 Å². The number of halogens is 1. The van der Waals surface area contributed by atoms with E-state index in [0.717, 1.165) is 21.8 Å². The number of carboxylic acids is 2. The second kappa shape index (κ2) is 11.0. The molecule has 0 aliphatic carbocycles. The van der Waals surface area contributed by atoms with Gasteiger partial charge in [-0.1, -0.05) is 28.1 Å². The molecule has 2 aliphatic rings. The quantitative estimate of drug-likeness (QED) is 0.110. The number of anilines is 1. The van der Waals surface area contributed by atoms with Crippen molar-refractivity contribution in [2.24, 2.45) is 12.2 Å². The topological polar surface area (TPSA) is 206 Å². The maximum Gasteiger partial charge on any atom is 0.352 e. The number of fused-ring (bicyclic) bond motifs is 2. The van der Waals surface area contributed by atoms with Crippen LogP contribution in [-0.4, -0.2) is 82.4 Å². The molecule has 2 aliphatic heterocycles. The number of nitrogens with one attached hydrogen (secondary N) is 1. The smallest absolute Gasteiger partial charge is 0.352 e. The minimum absolute atomic E-state index is 0.00209. The number of imidazole rings is 1. The molecule has 41 heavy (non-hydrogen) atoms. The van der Waals surface area contributed by atoms with Crippen LogP contribution in [0.1, 0.15) is 12.6 Å². The lowest BCUT2D eigenvalue weighted by atomic mass is 10.0. The summed E-state index contributed by atoms with van der Waals surface area (Å²) in [5, 5.41) is 24.6. The van der Waals surface area contributed by atoms with Crippen molar-refractivity contribution in [3.8, 4) is 0 Å². The Labute approximate surface area is 244 Å². The minimum Gasteiger partial charge on any atom is -0.478 e. The number of aliphatic carboxylic acids is 2. The number of oxime groups is 1. The summed E-state index contributed by atoms with van der Waals surface area (Å²) in [5.74, 6) is -3.91. The maximum absolute atomic E-state index is 13.2. The van der Waals surface area contributed by atoms with Crippen LogP contribution in [0.5, 0.6) is 0 Å². The van der Waals surface area contributed by atoms with Crippen molar-refractivity contribution in [2.75, 3.05) is 11.5 Å². The van der Waals surface area contributed by atoms with Crippen molar-refractivity contribution >= 4 is 80.5 Å². The first-order valence-corrected chi connectivity index (χ1v) is 14.1. The molecule has 5 rings (SSSR count). The summed E-state index contributed by atoms with van der Waals surface area (Å²) < 4.78 is 3.65. The number of carbonyl (C=O) groups is 4. The summed E-state index contributed by atoms with van der Waals surface area (Å²) in [7, 11) is 1.85. The van der Waals surface area contributed by atoms with Crippen LogP contribution >= 0.6 is 34.7 Å². The number of amides is 2. The number of pyridine rings is 1. The Balaban J connectivity index is 1.39. The van der Waals surface area contributed by atoms with Gasteiger partial charge in [0.2, 0.25) is 12.4 Å². The van der Waals surface area contributed by atoms with Gasteiger partial charge < -0.3 is 30.7 Å². The molecule has 5 heterocycles.